The Labute approximate surface area is 177 Å². The van der Waals surface area contributed by atoms with Crippen molar-refractivity contribution in [2.75, 3.05) is 11.9 Å². The fourth-order valence-electron chi connectivity index (χ4n) is 4.51. The van der Waals surface area contributed by atoms with Crippen LogP contribution in [0.15, 0.2) is 36.5 Å². The van der Waals surface area contributed by atoms with E-state index in [-0.39, 0.29) is 12.6 Å². The van der Waals surface area contributed by atoms with Gasteiger partial charge in [-0.05, 0) is 32.3 Å². The first-order chi connectivity index (χ1) is 14.5. The standard InChI is InChI=1S/C23H31N5O2/c1-23(2)18-13-24-21(25-17-11-7-4-8-12-17)26-19(18)14-28(23)22(30)27-20(15-29)16-9-5-3-6-10-16/h3,5-6,9-10,13,17,20,29H,4,7-8,11-12,14-15H2,1-2H3,(H,27,30)(H,24,25,26). The lowest BCUT2D eigenvalue weighted by molar-refractivity contribution is 0.136. The van der Waals surface area contributed by atoms with E-state index in [0.29, 0.717) is 18.5 Å². The number of hydrogen-bond acceptors (Lipinski definition) is 5. The molecule has 1 saturated carbocycles. The Balaban J connectivity index is 1.48. The second kappa shape index (κ2) is 8.60. The molecule has 1 aliphatic carbocycles. The minimum atomic E-state index is -0.528. The van der Waals surface area contributed by atoms with E-state index in [1.54, 1.807) is 4.90 Å². The van der Waals surface area contributed by atoms with Crippen LogP contribution in [0.5, 0.6) is 0 Å². The number of aliphatic hydroxyl groups is 1. The molecule has 0 bridgehead atoms. The average molecular weight is 410 g/mol. The number of aliphatic hydroxyl groups excluding tert-OH is 1. The van der Waals surface area contributed by atoms with Crippen molar-refractivity contribution in [3.8, 4) is 0 Å². The van der Waals surface area contributed by atoms with Gasteiger partial charge in [-0.1, -0.05) is 49.6 Å². The highest BCUT2D eigenvalue weighted by atomic mass is 16.3. The molecular weight excluding hydrogens is 378 g/mol. The minimum absolute atomic E-state index is 0.160. The predicted molar refractivity (Wildman–Crippen MR) is 116 cm³/mol. The van der Waals surface area contributed by atoms with E-state index in [1.807, 2.05) is 50.4 Å². The van der Waals surface area contributed by atoms with Crippen molar-refractivity contribution in [2.24, 2.45) is 0 Å². The quantitative estimate of drug-likeness (QED) is 0.700. The molecule has 160 valence electrons. The van der Waals surface area contributed by atoms with Crippen molar-refractivity contribution < 1.29 is 9.90 Å². The molecule has 30 heavy (non-hydrogen) atoms. The number of rotatable bonds is 5. The summed E-state index contributed by atoms with van der Waals surface area (Å²) in [7, 11) is 0. The van der Waals surface area contributed by atoms with Gasteiger partial charge in [-0.3, -0.25) is 0 Å². The molecule has 0 saturated heterocycles. The largest absolute Gasteiger partial charge is 0.394 e. The van der Waals surface area contributed by atoms with Crippen LogP contribution in [0.1, 0.15) is 68.8 Å². The van der Waals surface area contributed by atoms with Crippen molar-refractivity contribution in [2.45, 2.75) is 70.1 Å². The van der Waals surface area contributed by atoms with Gasteiger partial charge >= 0.3 is 6.03 Å². The highest BCUT2D eigenvalue weighted by molar-refractivity contribution is 5.77. The molecule has 1 aromatic carbocycles. The molecule has 0 spiro atoms. The van der Waals surface area contributed by atoms with E-state index in [9.17, 15) is 9.90 Å². The summed E-state index contributed by atoms with van der Waals surface area (Å²) in [6.07, 6.45) is 7.96. The highest BCUT2D eigenvalue weighted by Gasteiger charge is 2.42. The average Bonchev–Trinajstić information content (AvgIpc) is 3.03. The van der Waals surface area contributed by atoms with Crippen LogP contribution in [-0.2, 0) is 12.1 Å². The SMILES string of the molecule is CC1(C)c2cnc(NC3CCCCC3)nc2CN1C(=O)NC(CO)c1ccccc1. The zero-order chi connectivity index (χ0) is 21.1. The monoisotopic (exact) mass is 409 g/mol. The zero-order valence-corrected chi connectivity index (χ0v) is 17.8. The van der Waals surface area contributed by atoms with Crippen LogP contribution in [0.25, 0.3) is 0 Å². The number of amides is 2. The Morgan fingerprint density at radius 2 is 1.97 bits per heavy atom. The Morgan fingerprint density at radius 3 is 2.67 bits per heavy atom. The Kier molecular flexibility index (Phi) is 5.90. The van der Waals surface area contributed by atoms with Gasteiger partial charge in [0.25, 0.3) is 0 Å². The van der Waals surface area contributed by atoms with Gasteiger partial charge in [0.05, 0.1) is 30.4 Å². The molecule has 4 rings (SSSR count). The normalized spacial score (nSPS) is 19.2. The molecule has 2 amide bonds. The molecule has 7 heteroatoms. The van der Waals surface area contributed by atoms with E-state index < -0.39 is 11.6 Å². The van der Waals surface area contributed by atoms with Crippen molar-refractivity contribution in [1.29, 1.82) is 0 Å². The van der Waals surface area contributed by atoms with Gasteiger partial charge in [-0.2, -0.15) is 0 Å². The molecule has 3 N–H and O–H groups in total. The lowest BCUT2D eigenvalue weighted by Gasteiger charge is -2.33. The molecule has 1 unspecified atom stereocenters. The number of carbonyl (C=O) groups excluding carboxylic acids is 1. The Morgan fingerprint density at radius 1 is 1.23 bits per heavy atom. The van der Waals surface area contributed by atoms with Gasteiger partial charge in [-0.25, -0.2) is 14.8 Å². The number of benzene rings is 1. The van der Waals surface area contributed by atoms with Gasteiger partial charge in [0.15, 0.2) is 0 Å². The summed E-state index contributed by atoms with van der Waals surface area (Å²) >= 11 is 0. The summed E-state index contributed by atoms with van der Waals surface area (Å²) in [6, 6.07) is 9.28. The van der Waals surface area contributed by atoms with E-state index in [2.05, 4.69) is 15.6 Å². The zero-order valence-electron chi connectivity index (χ0n) is 17.8. The van der Waals surface area contributed by atoms with E-state index in [4.69, 9.17) is 4.98 Å². The third kappa shape index (κ3) is 4.12. The summed E-state index contributed by atoms with van der Waals surface area (Å²) in [5.41, 5.74) is 2.19. The predicted octanol–water partition coefficient (Wildman–Crippen LogP) is 3.72. The maximum atomic E-state index is 13.1. The number of hydrogen-bond donors (Lipinski definition) is 3. The summed E-state index contributed by atoms with van der Waals surface area (Å²) in [6.45, 7) is 4.27. The van der Waals surface area contributed by atoms with Crippen LogP contribution in [0.2, 0.25) is 0 Å². The van der Waals surface area contributed by atoms with E-state index in [1.165, 1.54) is 19.3 Å². The van der Waals surface area contributed by atoms with Gasteiger partial charge in [0.1, 0.15) is 0 Å². The number of urea groups is 1. The first kappa shape index (κ1) is 20.6. The second-order valence-electron chi connectivity index (χ2n) is 8.77. The van der Waals surface area contributed by atoms with Crippen molar-refractivity contribution in [3.05, 3.63) is 53.3 Å². The molecular formula is C23H31N5O2. The molecule has 0 radical (unpaired) electrons. The van der Waals surface area contributed by atoms with Crippen molar-refractivity contribution in [3.63, 3.8) is 0 Å². The molecule has 2 heterocycles. The molecule has 1 aliphatic heterocycles. The van der Waals surface area contributed by atoms with E-state index in [0.717, 1.165) is 29.7 Å². The first-order valence-electron chi connectivity index (χ1n) is 10.9. The highest BCUT2D eigenvalue weighted by Crippen LogP contribution is 2.38. The Bertz CT molecular complexity index is 880. The van der Waals surface area contributed by atoms with Gasteiger partial charge in [-0.15, -0.1) is 0 Å². The number of anilines is 1. The maximum Gasteiger partial charge on any atom is 0.319 e. The summed E-state index contributed by atoms with van der Waals surface area (Å²) in [5.74, 6) is 0.649. The maximum absolute atomic E-state index is 13.1. The van der Waals surface area contributed by atoms with Crippen LogP contribution >= 0.6 is 0 Å². The van der Waals surface area contributed by atoms with Crippen LogP contribution in [0.3, 0.4) is 0 Å². The first-order valence-corrected chi connectivity index (χ1v) is 10.9. The summed E-state index contributed by atoms with van der Waals surface area (Å²) in [4.78, 5) is 24.2. The number of carbonyl (C=O) groups is 1. The van der Waals surface area contributed by atoms with Crippen LogP contribution in [0, 0.1) is 0 Å². The minimum Gasteiger partial charge on any atom is -0.394 e. The molecule has 2 aliphatic rings. The molecule has 2 aromatic rings. The van der Waals surface area contributed by atoms with Gasteiger partial charge in [0, 0.05) is 17.8 Å². The Hall–Kier alpha value is -2.67. The lowest BCUT2D eigenvalue weighted by Crippen LogP contribution is -2.47. The van der Waals surface area contributed by atoms with E-state index >= 15 is 0 Å². The summed E-state index contributed by atoms with van der Waals surface area (Å²) in [5, 5.41) is 16.2. The number of fused-ring (bicyclic) bond motifs is 1. The second-order valence-corrected chi connectivity index (χ2v) is 8.77. The number of nitrogens with zero attached hydrogens (tertiary/aromatic N) is 3. The molecule has 1 aromatic heterocycles. The third-order valence-electron chi connectivity index (χ3n) is 6.38. The topological polar surface area (TPSA) is 90.4 Å². The van der Waals surface area contributed by atoms with Crippen molar-refractivity contribution >= 4 is 12.0 Å². The third-order valence-corrected chi connectivity index (χ3v) is 6.38. The van der Waals surface area contributed by atoms with Crippen LogP contribution < -0.4 is 10.6 Å². The summed E-state index contributed by atoms with van der Waals surface area (Å²) < 4.78 is 0. The fourth-order valence-corrected chi connectivity index (χ4v) is 4.51. The number of nitrogens with one attached hydrogen (secondary N) is 2. The van der Waals surface area contributed by atoms with Crippen LogP contribution in [0.4, 0.5) is 10.7 Å². The molecule has 7 nitrogen and oxygen atoms in total. The number of aromatic nitrogens is 2. The smallest absolute Gasteiger partial charge is 0.319 e. The van der Waals surface area contributed by atoms with Gasteiger partial charge < -0.3 is 20.6 Å². The van der Waals surface area contributed by atoms with Crippen LogP contribution in [-0.4, -0.2) is 38.7 Å². The van der Waals surface area contributed by atoms with Gasteiger partial charge in [0.2, 0.25) is 5.95 Å². The van der Waals surface area contributed by atoms with Crippen molar-refractivity contribution in [1.82, 2.24) is 20.2 Å². The molecule has 1 fully saturated rings. The molecule has 1 atom stereocenters. The lowest BCUT2D eigenvalue weighted by atomic mass is 9.95. The fraction of sp³-hybridized carbons (Fsp3) is 0.522.